The fourth-order valence-corrected chi connectivity index (χ4v) is 2.24. The molecule has 3 N–H and O–H groups in total. The number of para-hydroxylation sites is 1. The van der Waals surface area contributed by atoms with Gasteiger partial charge in [0.25, 0.3) is 0 Å². The maximum atomic E-state index is 5.69. The van der Waals surface area contributed by atoms with Gasteiger partial charge in [-0.05, 0) is 36.7 Å². The van der Waals surface area contributed by atoms with Crippen LogP contribution < -0.4 is 5.73 Å². The summed E-state index contributed by atoms with van der Waals surface area (Å²) < 4.78 is 5.46. The van der Waals surface area contributed by atoms with Gasteiger partial charge in [-0.3, -0.25) is 0 Å². The smallest absolute Gasteiger partial charge is 0.150 e. The van der Waals surface area contributed by atoms with Gasteiger partial charge in [-0.2, -0.15) is 0 Å². The van der Waals surface area contributed by atoms with Crippen LogP contribution in [0, 0.1) is 0 Å². The fraction of sp³-hybridized carbons (Fsp3) is 0.143. The predicted octanol–water partition coefficient (Wildman–Crippen LogP) is 2.93. The van der Waals surface area contributed by atoms with E-state index >= 15 is 0 Å². The van der Waals surface area contributed by atoms with Crippen LogP contribution in [0.25, 0.3) is 22.4 Å². The lowest BCUT2D eigenvalue weighted by molar-refractivity contribution is 0.580. The Kier molecular flexibility index (Phi) is 2.46. The number of nitrogens with two attached hydrogens (primary N) is 1. The van der Waals surface area contributed by atoms with Crippen molar-refractivity contribution in [2.24, 2.45) is 5.73 Å². The number of H-pyrrole nitrogens is 1. The molecule has 0 aliphatic rings. The third-order valence-corrected chi connectivity index (χ3v) is 2.98. The minimum atomic E-state index is 0.634. The molecule has 17 heavy (non-hydrogen) atoms. The van der Waals surface area contributed by atoms with Crippen molar-refractivity contribution in [1.82, 2.24) is 4.98 Å². The molecule has 1 aromatic carbocycles. The van der Waals surface area contributed by atoms with E-state index < -0.39 is 0 Å². The molecule has 0 aliphatic carbocycles. The second-order valence-corrected chi connectivity index (χ2v) is 4.04. The molecule has 0 saturated heterocycles. The van der Waals surface area contributed by atoms with Gasteiger partial charge in [-0.15, -0.1) is 0 Å². The highest BCUT2D eigenvalue weighted by atomic mass is 16.3. The molecular formula is C14H14N2O. The van der Waals surface area contributed by atoms with E-state index in [1.54, 1.807) is 6.26 Å². The first-order chi connectivity index (χ1) is 8.40. The average Bonchev–Trinajstić information content (AvgIpc) is 2.97. The summed E-state index contributed by atoms with van der Waals surface area (Å²) >= 11 is 0. The Labute approximate surface area is 99.2 Å². The van der Waals surface area contributed by atoms with Crippen LogP contribution in [0.1, 0.15) is 5.56 Å². The van der Waals surface area contributed by atoms with Crippen molar-refractivity contribution in [2.75, 3.05) is 6.54 Å². The summed E-state index contributed by atoms with van der Waals surface area (Å²) in [4.78, 5) is 3.40. The van der Waals surface area contributed by atoms with Gasteiger partial charge in [0.1, 0.15) is 5.76 Å². The van der Waals surface area contributed by atoms with Gasteiger partial charge in [0.15, 0.2) is 0 Å². The van der Waals surface area contributed by atoms with Crippen molar-refractivity contribution in [3.05, 3.63) is 48.2 Å². The van der Waals surface area contributed by atoms with Crippen LogP contribution in [0.4, 0.5) is 0 Å². The minimum absolute atomic E-state index is 0.634. The van der Waals surface area contributed by atoms with Gasteiger partial charge in [0.2, 0.25) is 0 Å². The molecule has 3 heteroatoms. The molecule has 0 aliphatic heterocycles. The van der Waals surface area contributed by atoms with Crippen LogP contribution in [0.2, 0.25) is 0 Å². The van der Waals surface area contributed by atoms with E-state index in [1.807, 2.05) is 24.3 Å². The third-order valence-electron chi connectivity index (χ3n) is 2.98. The van der Waals surface area contributed by atoms with Gasteiger partial charge in [-0.1, -0.05) is 18.2 Å². The normalized spacial score (nSPS) is 11.1. The van der Waals surface area contributed by atoms with Gasteiger partial charge in [-0.25, -0.2) is 0 Å². The summed E-state index contributed by atoms with van der Waals surface area (Å²) in [5, 5.41) is 1.23. The van der Waals surface area contributed by atoms with E-state index in [0.29, 0.717) is 6.54 Å². The van der Waals surface area contributed by atoms with Gasteiger partial charge >= 0.3 is 0 Å². The van der Waals surface area contributed by atoms with Crippen LogP contribution in [-0.4, -0.2) is 11.5 Å². The number of furan rings is 1. The number of aromatic amines is 1. The molecule has 0 radical (unpaired) electrons. The van der Waals surface area contributed by atoms with Crippen LogP contribution >= 0.6 is 0 Å². The van der Waals surface area contributed by atoms with E-state index in [-0.39, 0.29) is 0 Å². The second kappa shape index (κ2) is 4.11. The number of aromatic nitrogens is 1. The van der Waals surface area contributed by atoms with Gasteiger partial charge < -0.3 is 15.1 Å². The zero-order valence-electron chi connectivity index (χ0n) is 9.44. The standard InChI is InChI=1S/C14H14N2O/c15-8-7-11-10-4-1-2-5-12(10)16-14(11)13-6-3-9-17-13/h1-6,9,16H,7-8,15H2. The van der Waals surface area contributed by atoms with Crippen molar-refractivity contribution in [3.8, 4) is 11.5 Å². The molecule has 86 valence electrons. The highest BCUT2D eigenvalue weighted by Crippen LogP contribution is 2.30. The average molecular weight is 226 g/mol. The second-order valence-electron chi connectivity index (χ2n) is 4.04. The summed E-state index contributed by atoms with van der Waals surface area (Å²) in [5.41, 5.74) is 9.09. The first-order valence-electron chi connectivity index (χ1n) is 5.73. The molecule has 2 heterocycles. The molecule has 0 saturated carbocycles. The number of benzene rings is 1. The summed E-state index contributed by atoms with van der Waals surface area (Å²) in [6, 6.07) is 12.1. The van der Waals surface area contributed by atoms with Crippen LogP contribution in [0.15, 0.2) is 47.1 Å². The molecule has 2 aromatic heterocycles. The van der Waals surface area contributed by atoms with E-state index in [1.165, 1.54) is 10.9 Å². The molecule has 0 spiro atoms. The lowest BCUT2D eigenvalue weighted by Gasteiger charge is -2.00. The number of nitrogens with one attached hydrogen (secondary N) is 1. The first kappa shape index (κ1) is 10.2. The molecule has 0 atom stereocenters. The number of fused-ring (bicyclic) bond motifs is 1. The molecule has 0 amide bonds. The molecule has 0 fully saturated rings. The van der Waals surface area contributed by atoms with Crippen LogP contribution in [-0.2, 0) is 6.42 Å². The van der Waals surface area contributed by atoms with Gasteiger partial charge in [0.05, 0.1) is 12.0 Å². The number of rotatable bonds is 3. The maximum Gasteiger partial charge on any atom is 0.150 e. The van der Waals surface area contributed by atoms with E-state index in [0.717, 1.165) is 23.4 Å². The summed E-state index contributed by atoms with van der Waals surface area (Å²) in [7, 11) is 0. The van der Waals surface area contributed by atoms with Crippen molar-refractivity contribution < 1.29 is 4.42 Å². The predicted molar refractivity (Wildman–Crippen MR) is 68.8 cm³/mol. The van der Waals surface area contributed by atoms with Crippen molar-refractivity contribution in [3.63, 3.8) is 0 Å². The Morgan fingerprint density at radius 2 is 2.00 bits per heavy atom. The van der Waals surface area contributed by atoms with E-state index in [2.05, 4.69) is 17.1 Å². The van der Waals surface area contributed by atoms with E-state index in [9.17, 15) is 0 Å². The molecule has 0 unspecified atom stereocenters. The van der Waals surface area contributed by atoms with Crippen LogP contribution in [0.3, 0.4) is 0 Å². The monoisotopic (exact) mass is 226 g/mol. The van der Waals surface area contributed by atoms with E-state index in [4.69, 9.17) is 10.2 Å². The first-order valence-corrected chi connectivity index (χ1v) is 5.73. The molecule has 3 aromatic rings. The molecule has 0 bridgehead atoms. The highest BCUT2D eigenvalue weighted by molar-refractivity contribution is 5.89. The summed E-state index contributed by atoms with van der Waals surface area (Å²) in [6.07, 6.45) is 2.53. The summed E-state index contributed by atoms with van der Waals surface area (Å²) in [5.74, 6) is 0.865. The zero-order valence-corrected chi connectivity index (χ0v) is 9.44. The van der Waals surface area contributed by atoms with Crippen molar-refractivity contribution in [2.45, 2.75) is 6.42 Å². The van der Waals surface area contributed by atoms with Gasteiger partial charge in [0, 0.05) is 10.9 Å². The minimum Gasteiger partial charge on any atom is -0.463 e. The topological polar surface area (TPSA) is 54.9 Å². The third kappa shape index (κ3) is 1.65. The fourth-order valence-electron chi connectivity index (χ4n) is 2.24. The lowest BCUT2D eigenvalue weighted by Crippen LogP contribution is -2.03. The SMILES string of the molecule is NCCc1c(-c2ccco2)[nH]c2ccccc12. The van der Waals surface area contributed by atoms with Crippen molar-refractivity contribution >= 4 is 10.9 Å². The molecular weight excluding hydrogens is 212 g/mol. The highest BCUT2D eigenvalue weighted by Gasteiger charge is 2.13. The number of hydrogen-bond acceptors (Lipinski definition) is 2. The van der Waals surface area contributed by atoms with Crippen molar-refractivity contribution in [1.29, 1.82) is 0 Å². The maximum absolute atomic E-state index is 5.69. The molecule has 3 rings (SSSR count). The Morgan fingerprint density at radius 3 is 2.76 bits per heavy atom. The Balaban J connectivity index is 2.26. The Bertz CT molecular complexity index is 623. The summed E-state index contributed by atoms with van der Waals surface area (Å²) in [6.45, 7) is 0.634. The quantitative estimate of drug-likeness (QED) is 0.721. The largest absolute Gasteiger partial charge is 0.463 e. The Hall–Kier alpha value is -2.00. The van der Waals surface area contributed by atoms with Crippen LogP contribution in [0.5, 0.6) is 0 Å². The number of hydrogen-bond donors (Lipinski definition) is 2. The lowest BCUT2D eigenvalue weighted by atomic mass is 10.1. The Morgan fingerprint density at radius 1 is 1.12 bits per heavy atom. The zero-order chi connectivity index (χ0) is 11.7. The molecule has 3 nitrogen and oxygen atoms in total.